The van der Waals surface area contributed by atoms with E-state index in [4.69, 9.17) is 47.0 Å². The summed E-state index contributed by atoms with van der Waals surface area (Å²) in [5.74, 6) is -0.414. The lowest BCUT2D eigenvalue weighted by Crippen LogP contribution is -2.56. The first-order valence-corrected chi connectivity index (χ1v) is 9.01. The molecular weight excluding hydrogens is 417 g/mol. The summed E-state index contributed by atoms with van der Waals surface area (Å²) in [7, 11) is 0. The Balaban J connectivity index is 2.10. The van der Waals surface area contributed by atoms with Crippen molar-refractivity contribution in [3.05, 3.63) is 59.7 Å². The number of para-hydroxylation sites is 2. The number of benzene rings is 2. The molecule has 9 heteroatoms. The third-order valence-electron chi connectivity index (χ3n) is 3.42. The smallest absolute Gasteiger partial charge is 0.253 e. The molecule has 2 rings (SSSR count). The average Bonchev–Trinajstić information content (AvgIpc) is 2.56. The van der Waals surface area contributed by atoms with Crippen LogP contribution in [0.25, 0.3) is 0 Å². The molecule has 1 atom stereocenters. The maximum atomic E-state index is 12.5. The van der Waals surface area contributed by atoms with Gasteiger partial charge in [-0.1, -0.05) is 65.1 Å². The monoisotopic (exact) mass is 431 g/mol. The molecule has 0 aliphatic heterocycles. The molecule has 1 amide bonds. The maximum absolute atomic E-state index is 12.5. The van der Waals surface area contributed by atoms with Crippen molar-refractivity contribution in [2.75, 3.05) is 5.32 Å². The number of aryl methyl sites for hydroxylation is 1. The number of phenols is 1. The second kappa shape index (κ2) is 8.77. The molecule has 0 saturated heterocycles. The number of halogens is 3. The highest BCUT2D eigenvalue weighted by Crippen LogP contribution is 2.29. The fourth-order valence-electron chi connectivity index (χ4n) is 2.11. The number of hydrogen-bond donors (Lipinski definition) is 4. The van der Waals surface area contributed by atoms with Gasteiger partial charge in [-0.25, -0.2) is 0 Å². The normalized spacial score (nSPS) is 12.2. The van der Waals surface area contributed by atoms with Gasteiger partial charge in [0, 0.05) is 5.56 Å². The summed E-state index contributed by atoms with van der Waals surface area (Å²) < 4.78 is -1.87. The zero-order valence-electron chi connectivity index (χ0n) is 13.6. The molecule has 0 aromatic heterocycles. The Morgan fingerprint density at radius 3 is 2.31 bits per heavy atom. The van der Waals surface area contributed by atoms with Gasteiger partial charge in [-0.2, -0.15) is 0 Å². The Kier molecular flexibility index (Phi) is 6.94. The van der Waals surface area contributed by atoms with Gasteiger partial charge < -0.3 is 21.1 Å². The second-order valence-electron chi connectivity index (χ2n) is 5.38. The Morgan fingerprint density at radius 2 is 1.69 bits per heavy atom. The zero-order chi connectivity index (χ0) is 19.3. The van der Waals surface area contributed by atoms with Crippen molar-refractivity contribution in [1.82, 2.24) is 10.6 Å². The summed E-state index contributed by atoms with van der Waals surface area (Å²) in [6.45, 7) is 1.80. The number of aromatic hydroxyl groups is 1. The van der Waals surface area contributed by atoms with Crippen LogP contribution < -0.4 is 16.0 Å². The molecule has 2 aromatic carbocycles. The molecule has 26 heavy (non-hydrogen) atoms. The summed E-state index contributed by atoms with van der Waals surface area (Å²) in [6, 6.07) is 13.5. The van der Waals surface area contributed by atoms with Gasteiger partial charge in [-0.05, 0) is 42.9 Å². The van der Waals surface area contributed by atoms with E-state index in [2.05, 4.69) is 16.0 Å². The van der Waals surface area contributed by atoms with E-state index in [-0.39, 0.29) is 10.9 Å². The summed E-state index contributed by atoms with van der Waals surface area (Å²) in [6.07, 6.45) is -1.11. The summed E-state index contributed by atoms with van der Waals surface area (Å²) in [4.78, 5) is 12.5. The zero-order valence-corrected chi connectivity index (χ0v) is 16.7. The standard InChI is InChI=1S/C17H16Cl3N3O2S/c1-10-6-2-3-7-11(10)14(25)22-15(17(18,19)20)23-16(26)21-12-8-4-5-9-13(12)24/h2-9,15,24H,1H3,(H,22,25)(H2,21,23,26)/t15-/m1/s1. The predicted molar refractivity (Wildman–Crippen MR) is 110 cm³/mol. The SMILES string of the molecule is Cc1ccccc1C(=O)N[C@H](NC(=S)Nc1ccccc1O)C(Cl)(Cl)Cl. The van der Waals surface area contributed by atoms with E-state index in [1.165, 1.54) is 6.07 Å². The minimum atomic E-state index is -1.87. The Hall–Kier alpha value is -1.73. The van der Waals surface area contributed by atoms with E-state index < -0.39 is 15.9 Å². The van der Waals surface area contributed by atoms with Crippen molar-refractivity contribution in [3.8, 4) is 5.75 Å². The van der Waals surface area contributed by atoms with Crippen molar-refractivity contribution in [3.63, 3.8) is 0 Å². The fraction of sp³-hybridized carbons (Fsp3) is 0.176. The molecule has 0 spiro atoms. The molecule has 0 saturated carbocycles. The quantitative estimate of drug-likeness (QED) is 0.253. The molecular formula is C17H16Cl3N3O2S. The first kappa shape index (κ1) is 20.6. The van der Waals surface area contributed by atoms with Crippen LogP contribution in [0.3, 0.4) is 0 Å². The summed E-state index contributed by atoms with van der Waals surface area (Å²) >= 11 is 23.1. The van der Waals surface area contributed by atoms with Gasteiger partial charge in [-0.3, -0.25) is 4.79 Å². The summed E-state index contributed by atoms with van der Waals surface area (Å²) in [5, 5.41) is 18.0. The topological polar surface area (TPSA) is 73.4 Å². The van der Waals surface area contributed by atoms with Gasteiger partial charge >= 0.3 is 0 Å². The van der Waals surface area contributed by atoms with Gasteiger partial charge in [0.1, 0.15) is 11.9 Å². The van der Waals surface area contributed by atoms with E-state index in [0.29, 0.717) is 11.3 Å². The Morgan fingerprint density at radius 1 is 1.08 bits per heavy atom. The van der Waals surface area contributed by atoms with Gasteiger partial charge in [0.05, 0.1) is 5.69 Å². The molecule has 2 aromatic rings. The number of phenolic OH excluding ortho intramolecular Hbond substituents is 1. The van der Waals surface area contributed by atoms with Crippen molar-refractivity contribution < 1.29 is 9.90 Å². The molecule has 0 heterocycles. The van der Waals surface area contributed by atoms with Crippen LogP contribution in [0.15, 0.2) is 48.5 Å². The lowest BCUT2D eigenvalue weighted by Gasteiger charge is -2.28. The van der Waals surface area contributed by atoms with E-state index in [1.807, 2.05) is 6.07 Å². The molecule has 138 valence electrons. The number of rotatable bonds is 4. The number of amides is 1. The molecule has 0 fully saturated rings. The number of anilines is 1. The third kappa shape index (κ3) is 5.64. The van der Waals surface area contributed by atoms with Gasteiger partial charge in [-0.15, -0.1) is 0 Å². The number of alkyl halides is 3. The van der Waals surface area contributed by atoms with Crippen molar-refractivity contribution in [1.29, 1.82) is 0 Å². The predicted octanol–water partition coefficient (Wildman–Crippen LogP) is 4.11. The Bertz CT molecular complexity index is 812. The molecule has 0 unspecified atom stereocenters. The minimum Gasteiger partial charge on any atom is -0.506 e. The Labute approximate surface area is 171 Å². The van der Waals surface area contributed by atoms with Crippen molar-refractivity contribution >= 4 is 63.7 Å². The van der Waals surface area contributed by atoms with Crippen LogP contribution in [0.1, 0.15) is 15.9 Å². The van der Waals surface area contributed by atoms with Crippen LogP contribution in [0.5, 0.6) is 5.75 Å². The lowest BCUT2D eigenvalue weighted by molar-refractivity contribution is 0.0934. The minimum absolute atomic E-state index is 0.00558. The molecule has 0 radical (unpaired) electrons. The van der Waals surface area contributed by atoms with Crippen LogP contribution in [0, 0.1) is 6.92 Å². The van der Waals surface area contributed by atoms with Crippen LogP contribution in [-0.4, -0.2) is 26.1 Å². The third-order valence-corrected chi connectivity index (χ3v) is 4.29. The number of carbonyl (C=O) groups is 1. The van der Waals surface area contributed by atoms with E-state index >= 15 is 0 Å². The largest absolute Gasteiger partial charge is 0.506 e. The van der Waals surface area contributed by atoms with Crippen LogP contribution in [0.2, 0.25) is 0 Å². The number of thiocarbonyl (C=S) groups is 1. The second-order valence-corrected chi connectivity index (χ2v) is 8.16. The fourth-order valence-corrected chi connectivity index (χ4v) is 2.66. The van der Waals surface area contributed by atoms with Crippen molar-refractivity contribution in [2.45, 2.75) is 16.9 Å². The highest BCUT2D eigenvalue weighted by Gasteiger charge is 2.35. The van der Waals surface area contributed by atoms with Gasteiger partial charge in [0.15, 0.2) is 5.11 Å². The number of carbonyl (C=O) groups excluding carboxylic acids is 1. The molecule has 0 aliphatic carbocycles. The highest BCUT2D eigenvalue weighted by molar-refractivity contribution is 7.80. The van der Waals surface area contributed by atoms with Gasteiger partial charge in [0.2, 0.25) is 3.79 Å². The number of hydrogen-bond acceptors (Lipinski definition) is 3. The van der Waals surface area contributed by atoms with Crippen molar-refractivity contribution in [2.24, 2.45) is 0 Å². The first-order chi connectivity index (χ1) is 12.2. The van der Waals surface area contributed by atoms with E-state index in [9.17, 15) is 9.90 Å². The molecule has 0 aliphatic rings. The lowest BCUT2D eigenvalue weighted by atomic mass is 10.1. The highest BCUT2D eigenvalue weighted by atomic mass is 35.6. The average molecular weight is 433 g/mol. The molecule has 5 nitrogen and oxygen atoms in total. The van der Waals surface area contributed by atoms with E-state index in [1.54, 1.807) is 43.3 Å². The molecule has 4 N–H and O–H groups in total. The molecule has 0 bridgehead atoms. The van der Waals surface area contributed by atoms with E-state index in [0.717, 1.165) is 5.56 Å². The van der Waals surface area contributed by atoms with Crippen LogP contribution in [0.4, 0.5) is 5.69 Å². The maximum Gasteiger partial charge on any atom is 0.253 e. The summed E-state index contributed by atoms with van der Waals surface area (Å²) in [5.41, 5.74) is 1.61. The number of nitrogens with one attached hydrogen (secondary N) is 3. The first-order valence-electron chi connectivity index (χ1n) is 7.47. The van der Waals surface area contributed by atoms with Gasteiger partial charge in [0.25, 0.3) is 5.91 Å². The van der Waals surface area contributed by atoms with Crippen LogP contribution >= 0.6 is 47.0 Å². The van der Waals surface area contributed by atoms with Crippen LogP contribution in [-0.2, 0) is 0 Å².